The van der Waals surface area contributed by atoms with E-state index in [2.05, 4.69) is 16.0 Å². The molecule has 13 nitrogen and oxygen atoms in total. The first kappa shape index (κ1) is 38.6. The molecule has 2 aromatic rings. The zero-order chi connectivity index (χ0) is 35.8. The highest BCUT2D eigenvalue weighted by Gasteiger charge is 2.39. The summed E-state index contributed by atoms with van der Waals surface area (Å²) < 4.78 is 26.5. The van der Waals surface area contributed by atoms with E-state index < -0.39 is 36.0 Å². The molecule has 14 heteroatoms. The van der Waals surface area contributed by atoms with Gasteiger partial charge in [0.15, 0.2) is 0 Å². The minimum Gasteiger partial charge on any atom is -0.466 e. The predicted octanol–water partition coefficient (Wildman–Crippen LogP) is 4.06. The molecule has 0 aliphatic carbocycles. The number of hydrogen-bond acceptors (Lipinski definition) is 11. The number of alkyl carbamates (subject to hydrolysis) is 1. The molecule has 1 heterocycles. The smallest absolute Gasteiger partial charge is 0.408 e. The van der Waals surface area contributed by atoms with Crippen LogP contribution in [0, 0.1) is 0 Å². The van der Waals surface area contributed by atoms with Crippen molar-refractivity contribution in [2.24, 2.45) is 0 Å². The summed E-state index contributed by atoms with van der Waals surface area (Å²) in [6, 6.07) is 14.8. The summed E-state index contributed by atoms with van der Waals surface area (Å²) in [6.07, 6.45) is -0.935. The molecule has 3 rings (SSSR count). The van der Waals surface area contributed by atoms with E-state index in [0.717, 1.165) is 5.56 Å². The number of nitrogens with one attached hydrogen (secondary N) is 3. The number of hydrogen-bond donors (Lipinski definition) is 3. The summed E-state index contributed by atoms with van der Waals surface area (Å²) in [5.74, 6) is -3.26. The van der Waals surface area contributed by atoms with Crippen molar-refractivity contribution in [2.45, 2.75) is 52.2 Å². The van der Waals surface area contributed by atoms with Crippen LogP contribution < -0.4 is 16.0 Å². The fraction of sp³-hybridized carbons (Fsp3) is 0.400. The van der Waals surface area contributed by atoms with Gasteiger partial charge >= 0.3 is 24.0 Å². The van der Waals surface area contributed by atoms with Crippen LogP contribution >= 0.6 is 11.6 Å². The Balaban J connectivity index is 1.60. The van der Waals surface area contributed by atoms with Crippen molar-refractivity contribution < 1.29 is 47.7 Å². The second kappa shape index (κ2) is 19.8. The number of carbonyl (C=O) groups excluding carboxylic acids is 5. The average molecular weight is 700 g/mol. The van der Waals surface area contributed by atoms with E-state index in [1.54, 1.807) is 57.2 Å². The molecule has 0 saturated carbocycles. The van der Waals surface area contributed by atoms with Crippen LogP contribution in [0.15, 0.2) is 77.1 Å². The van der Waals surface area contributed by atoms with E-state index in [1.807, 2.05) is 18.2 Å². The van der Waals surface area contributed by atoms with Gasteiger partial charge in [-0.25, -0.2) is 19.2 Å². The third-order valence-electron chi connectivity index (χ3n) is 7.31. The SMILES string of the molecule is CCOC(=O)C1=C(COCCNC(=O)CC[C@H](NC(=O)OCc2ccccc2)C(=O)OCC)NC(C)=C(C(=O)OC)C1c1ccccc1Cl. The first-order valence-corrected chi connectivity index (χ1v) is 16.2. The molecule has 0 fully saturated rings. The van der Waals surface area contributed by atoms with Crippen LogP contribution in [-0.4, -0.2) is 76.0 Å². The number of esters is 3. The lowest BCUT2D eigenvalue weighted by atomic mass is 9.80. The molecule has 1 aliphatic rings. The Bertz CT molecular complexity index is 1540. The van der Waals surface area contributed by atoms with Gasteiger partial charge in [-0.05, 0) is 44.4 Å². The van der Waals surface area contributed by atoms with Crippen LogP contribution in [0.5, 0.6) is 0 Å². The van der Waals surface area contributed by atoms with Gasteiger partial charge in [0.1, 0.15) is 12.6 Å². The maximum Gasteiger partial charge on any atom is 0.408 e. The molecule has 264 valence electrons. The molecule has 2 aromatic carbocycles. The number of dihydropyridines is 1. The van der Waals surface area contributed by atoms with Crippen molar-refractivity contribution in [2.75, 3.05) is 40.1 Å². The molecule has 0 spiro atoms. The summed E-state index contributed by atoms with van der Waals surface area (Å²) in [5, 5.41) is 8.61. The van der Waals surface area contributed by atoms with Gasteiger partial charge in [-0.15, -0.1) is 0 Å². The largest absolute Gasteiger partial charge is 0.466 e. The van der Waals surface area contributed by atoms with Gasteiger partial charge in [0.05, 0.1) is 56.3 Å². The third kappa shape index (κ3) is 11.4. The zero-order valence-corrected chi connectivity index (χ0v) is 28.7. The van der Waals surface area contributed by atoms with Crippen LogP contribution in [0.25, 0.3) is 0 Å². The number of allylic oxidation sites excluding steroid dienone is 1. The van der Waals surface area contributed by atoms with Gasteiger partial charge in [-0.1, -0.05) is 60.1 Å². The Morgan fingerprint density at radius 2 is 1.57 bits per heavy atom. The predicted molar refractivity (Wildman–Crippen MR) is 179 cm³/mol. The monoisotopic (exact) mass is 699 g/mol. The number of methoxy groups -OCH3 is 1. The van der Waals surface area contributed by atoms with E-state index in [1.165, 1.54) is 7.11 Å². The number of ether oxygens (including phenoxy) is 5. The molecule has 1 unspecified atom stereocenters. The van der Waals surface area contributed by atoms with Crippen LogP contribution in [0.2, 0.25) is 5.02 Å². The van der Waals surface area contributed by atoms with Crippen molar-refractivity contribution >= 4 is 41.5 Å². The van der Waals surface area contributed by atoms with E-state index in [9.17, 15) is 24.0 Å². The molecule has 0 radical (unpaired) electrons. The van der Waals surface area contributed by atoms with E-state index in [-0.39, 0.29) is 69.5 Å². The number of benzene rings is 2. The van der Waals surface area contributed by atoms with Crippen molar-refractivity contribution in [3.8, 4) is 0 Å². The average Bonchev–Trinajstić information content (AvgIpc) is 3.09. The Morgan fingerprint density at radius 1 is 0.878 bits per heavy atom. The standard InChI is InChI=1S/C35H42ClN3O10/c1-5-47-32(41)26(39-35(44)49-20-23-12-8-7-9-13-23)16-17-28(40)37-18-19-46-21-27-31(34(43)48-6-2)30(24-14-10-11-15-25(24)36)29(22(3)38-27)33(42)45-4/h7-15,26,30,38H,5-6,16-21H2,1-4H3,(H,37,40)(H,39,44)/t26-,30?/m0/s1. The number of rotatable bonds is 17. The van der Waals surface area contributed by atoms with Gasteiger partial charge < -0.3 is 39.6 Å². The summed E-state index contributed by atoms with van der Waals surface area (Å²) >= 11 is 6.53. The molecule has 1 aliphatic heterocycles. The van der Waals surface area contributed by atoms with Gasteiger partial charge in [0, 0.05) is 23.7 Å². The minimum atomic E-state index is -1.09. The molecule has 2 atom stereocenters. The second-order valence-electron chi connectivity index (χ2n) is 10.7. The van der Waals surface area contributed by atoms with Crippen LogP contribution in [0.3, 0.4) is 0 Å². The molecular formula is C35H42ClN3O10. The van der Waals surface area contributed by atoms with E-state index in [4.69, 9.17) is 35.3 Å². The van der Waals surface area contributed by atoms with E-state index in [0.29, 0.717) is 22.0 Å². The lowest BCUT2D eigenvalue weighted by Gasteiger charge is -2.31. The van der Waals surface area contributed by atoms with Crippen molar-refractivity contribution in [3.63, 3.8) is 0 Å². The van der Waals surface area contributed by atoms with Crippen LogP contribution in [-0.2, 0) is 49.5 Å². The zero-order valence-electron chi connectivity index (χ0n) is 28.0. The van der Waals surface area contributed by atoms with Gasteiger partial charge in [-0.2, -0.15) is 0 Å². The number of halogens is 1. The molecule has 0 aromatic heterocycles. The highest BCUT2D eigenvalue weighted by atomic mass is 35.5. The highest BCUT2D eigenvalue weighted by molar-refractivity contribution is 6.31. The fourth-order valence-electron chi connectivity index (χ4n) is 5.06. The first-order chi connectivity index (χ1) is 23.6. The Hall–Kier alpha value is -4.88. The maximum atomic E-state index is 13.3. The van der Waals surface area contributed by atoms with Crippen LogP contribution in [0.1, 0.15) is 50.7 Å². The number of carbonyl (C=O) groups is 5. The Morgan fingerprint density at radius 3 is 2.24 bits per heavy atom. The quantitative estimate of drug-likeness (QED) is 0.124. The van der Waals surface area contributed by atoms with Crippen molar-refractivity contribution in [1.29, 1.82) is 0 Å². The lowest BCUT2D eigenvalue weighted by Crippen LogP contribution is -2.43. The Kier molecular flexibility index (Phi) is 15.6. The lowest BCUT2D eigenvalue weighted by molar-refractivity contribution is -0.146. The molecule has 0 bridgehead atoms. The van der Waals surface area contributed by atoms with Gasteiger partial charge in [0.25, 0.3) is 0 Å². The first-order valence-electron chi connectivity index (χ1n) is 15.8. The summed E-state index contributed by atoms with van der Waals surface area (Å²) in [6.45, 7) is 5.27. The van der Waals surface area contributed by atoms with Crippen molar-refractivity contribution in [3.05, 3.63) is 93.3 Å². The maximum absolute atomic E-state index is 13.3. The third-order valence-corrected chi connectivity index (χ3v) is 7.66. The normalized spacial score (nSPS) is 14.7. The van der Waals surface area contributed by atoms with Crippen molar-refractivity contribution in [1.82, 2.24) is 16.0 Å². The van der Waals surface area contributed by atoms with Crippen LogP contribution in [0.4, 0.5) is 4.79 Å². The molecule has 49 heavy (non-hydrogen) atoms. The summed E-state index contributed by atoms with van der Waals surface area (Å²) in [4.78, 5) is 63.6. The van der Waals surface area contributed by atoms with Gasteiger partial charge in [-0.3, -0.25) is 4.79 Å². The number of amides is 2. The molecule has 3 N–H and O–H groups in total. The minimum absolute atomic E-state index is 0.0133. The summed E-state index contributed by atoms with van der Waals surface area (Å²) in [7, 11) is 1.25. The fourth-order valence-corrected chi connectivity index (χ4v) is 5.31. The molecular weight excluding hydrogens is 658 g/mol. The molecule has 0 saturated heterocycles. The van der Waals surface area contributed by atoms with Gasteiger partial charge in [0.2, 0.25) is 5.91 Å². The molecule has 2 amide bonds. The highest BCUT2D eigenvalue weighted by Crippen LogP contribution is 2.41. The Labute approximate surface area is 290 Å². The topological polar surface area (TPSA) is 168 Å². The second-order valence-corrected chi connectivity index (χ2v) is 11.1. The van der Waals surface area contributed by atoms with E-state index >= 15 is 0 Å². The summed E-state index contributed by atoms with van der Waals surface area (Å²) in [5.41, 5.74) is 2.45.